The first-order chi connectivity index (χ1) is 12.6. The van der Waals surface area contributed by atoms with E-state index < -0.39 is 4.92 Å². The van der Waals surface area contributed by atoms with E-state index in [9.17, 15) is 14.9 Å². The third-order valence-electron chi connectivity index (χ3n) is 4.66. The van der Waals surface area contributed by atoms with Gasteiger partial charge in [0.25, 0.3) is 11.6 Å². The third kappa shape index (κ3) is 2.83. The number of benzene rings is 2. The molecule has 0 saturated carbocycles. The van der Waals surface area contributed by atoms with Gasteiger partial charge in [-0.25, -0.2) is 4.98 Å². The van der Waals surface area contributed by atoms with Crippen molar-refractivity contribution in [3.63, 3.8) is 0 Å². The SMILES string of the molecule is O=C(NC1CCc2ccccc21)c1ccc(-n2ccnc2)c([N+](=O)[O-])c1. The molecular formula is C19H16N4O3. The molecule has 1 unspecified atom stereocenters. The molecule has 0 spiro atoms. The molecule has 1 amide bonds. The summed E-state index contributed by atoms with van der Waals surface area (Å²) in [4.78, 5) is 27.5. The number of carbonyl (C=O) groups excluding carboxylic acids is 1. The van der Waals surface area contributed by atoms with Crippen LogP contribution in [0.1, 0.15) is 33.9 Å². The van der Waals surface area contributed by atoms with Gasteiger partial charge in [-0.3, -0.25) is 14.9 Å². The first kappa shape index (κ1) is 16.0. The number of aromatic nitrogens is 2. The minimum Gasteiger partial charge on any atom is -0.345 e. The highest BCUT2D eigenvalue weighted by atomic mass is 16.6. The molecule has 1 heterocycles. The third-order valence-corrected chi connectivity index (χ3v) is 4.66. The van der Waals surface area contributed by atoms with Crippen molar-refractivity contribution < 1.29 is 9.72 Å². The zero-order valence-corrected chi connectivity index (χ0v) is 13.8. The molecule has 130 valence electrons. The monoisotopic (exact) mass is 348 g/mol. The average Bonchev–Trinajstić information content (AvgIpc) is 3.32. The Morgan fingerprint density at radius 3 is 2.88 bits per heavy atom. The van der Waals surface area contributed by atoms with Crippen LogP contribution in [0.3, 0.4) is 0 Å². The highest BCUT2D eigenvalue weighted by Crippen LogP contribution is 2.31. The Hall–Kier alpha value is -3.48. The Labute approximate surface area is 149 Å². The number of nitro benzene ring substituents is 1. The molecule has 1 aliphatic rings. The molecule has 0 radical (unpaired) electrons. The van der Waals surface area contributed by atoms with Gasteiger partial charge >= 0.3 is 0 Å². The van der Waals surface area contributed by atoms with Gasteiger partial charge < -0.3 is 9.88 Å². The maximum atomic E-state index is 12.6. The number of hydrogen-bond donors (Lipinski definition) is 1. The summed E-state index contributed by atoms with van der Waals surface area (Å²) in [5, 5.41) is 14.4. The first-order valence-corrected chi connectivity index (χ1v) is 8.29. The topological polar surface area (TPSA) is 90.1 Å². The van der Waals surface area contributed by atoms with Crippen LogP contribution in [0.4, 0.5) is 5.69 Å². The second-order valence-corrected chi connectivity index (χ2v) is 6.19. The summed E-state index contributed by atoms with van der Waals surface area (Å²) in [7, 11) is 0. The van der Waals surface area contributed by atoms with Crippen molar-refractivity contribution >= 4 is 11.6 Å². The molecule has 4 rings (SSSR count). The number of carbonyl (C=O) groups is 1. The van der Waals surface area contributed by atoms with E-state index in [4.69, 9.17) is 0 Å². The Morgan fingerprint density at radius 1 is 1.27 bits per heavy atom. The highest BCUT2D eigenvalue weighted by molar-refractivity contribution is 5.95. The minimum absolute atomic E-state index is 0.0638. The normalized spacial score (nSPS) is 15.5. The number of nitro groups is 1. The average molecular weight is 348 g/mol. The van der Waals surface area contributed by atoms with Crippen molar-refractivity contribution in [1.82, 2.24) is 14.9 Å². The molecule has 1 aromatic heterocycles. The molecule has 1 atom stereocenters. The van der Waals surface area contributed by atoms with Crippen molar-refractivity contribution in [1.29, 1.82) is 0 Å². The zero-order chi connectivity index (χ0) is 18.1. The van der Waals surface area contributed by atoms with E-state index in [0.717, 1.165) is 18.4 Å². The summed E-state index contributed by atoms with van der Waals surface area (Å²) in [6.45, 7) is 0. The summed E-state index contributed by atoms with van der Waals surface area (Å²) in [6, 6.07) is 12.4. The summed E-state index contributed by atoms with van der Waals surface area (Å²) < 4.78 is 1.55. The second kappa shape index (κ2) is 6.44. The van der Waals surface area contributed by atoms with Crippen LogP contribution in [0.5, 0.6) is 0 Å². The number of imidazole rings is 1. The van der Waals surface area contributed by atoms with Crippen LogP contribution < -0.4 is 5.32 Å². The van der Waals surface area contributed by atoms with Gasteiger partial charge in [0.05, 0.1) is 17.3 Å². The molecule has 2 aromatic carbocycles. The Bertz CT molecular complexity index is 982. The lowest BCUT2D eigenvalue weighted by molar-refractivity contribution is -0.384. The fraction of sp³-hybridized carbons (Fsp3) is 0.158. The number of rotatable bonds is 4. The number of nitrogens with one attached hydrogen (secondary N) is 1. The van der Waals surface area contributed by atoms with Gasteiger partial charge in [0.2, 0.25) is 0 Å². The quantitative estimate of drug-likeness (QED) is 0.579. The Morgan fingerprint density at radius 2 is 2.12 bits per heavy atom. The molecule has 0 saturated heterocycles. The van der Waals surface area contributed by atoms with Crippen molar-refractivity contribution in [2.75, 3.05) is 0 Å². The van der Waals surface area contributed by atoms with E-state index >= 15 is 0 Å². The molecule has 0 fully saturated rings. The van der Waals surface area contributed by atoms with E-state index in [1.54, 1.807) is 29.1 Å². The van der Waals surface area contributed by atoms with Gasteiger partial charge in [0, 0.05) is 24.0 Å². The van der Waals surface area contributed by atoms with E-state index in [1.165, 1.54) is 18.0 Å². The maximum Gasteiger partial charge on any atom is 0.294 e. The fourth-order valence-electron chi connectivity index (χ4n) is 3.38. The van der Waals surface area contributed by atoms with Crippen LogP contribution in [-0.2, 0) is 6.42 Å². The van der Waals surface area contributed by atoms with Gasteiger partial charge in [0.1, 0.15) is 5.69 Å². The van der Waals surface area contributed by atoms with E-state index in [-0.39, 0.29) is 23.2 Å². The molecule has 7 heteroatoms. The summed E-state index contributed by atoms with van der Waals surface area (Å²) >= 11 is 0. The van der Waals surface area contributed by atoms with Crippen LogP contribution in [0.2, 0.25) is 0 Å². The van der Waals surface area contributed by atoms with Gasteiger partial charge in [0.15, 0.2) is 0 Å². The molecule has 1 N–H and O–H groups in total. The molecule has 3 aromatic rings. The number of fused-ring (bicyclic) bond motifs is 1. The van der Waals surface area contributed by atoms with E-state index in [0.29, 0.717) is 5.69 Å². The number of amides is 1. The van der Waals surface area contributed by atoms with Crippen molar-refractivity contribution in [3.8, 4) is 5.69 Å². The number of hydrogen-bond acceptors (Lipinski definition) is 4. The van der Waals surface area contributed by atoms with Crippen molar-refractivity contribution in [2.45, 2.75) is 18.9 Å². The molecular weight excluding hydrogens is 332 g/mol. The van der Waals surface area contributed by atoms with Crippen molar-refractivity contribution in [2.24, 2.45) is 0 Å². The molecule has 26 heavy (non-hydrogen) atoms. The standard InChI is InChI=1S/C19H16N4O3/c24-19(21-16-7-5-13-3-1-2-4-15(13)16)14-6-8-17(18(11-14)23(25)26)22-10-9-20-12-22/h1-4,6,8-12,16H,5,7H2,(H,21,24). The van der Waals surface area contributed by atoms with E-state index in [1.807, 2.05) is 18.2 Å². The zero-order valence-electron chi connectivity index (χ0n) is 13.8. The van der Waals surface area contributed by atoms with Gasteiger partial charge in [-0.15, -0.1) is 0 Å². The summed E-state index contributed by atoms with van der Waals surface area (Å²) in [5.74, 6) is -0.313. The first-order valence-electron chi connectivity index (χ1n) is 8.29. The van der Waals surface area contributed by atoms with Crippen LogP contribution in [0.15, 0.2) is 61.2 Å². The molecule has 0 aliphatic heterocycles. The number of aryl methyl sites for hydroxylation is 1. The van der Waals surface area contributed by atoms with Gasteiger partial charge in [-0.2, -0.15) is 0 Å². The minimum atomic E-state index is -0.489. The predicted molar refractivity (Wildman–Crippen MR) is 95.2 cm³/mol. The van der Waals surface area contributed by atoms with Gasteiger partial charge in [-0.05, 0) is 36.1 Å². The lowest BCUT2D eigenvalue weighted by Crippen LogP contribution is -2.27. The Balaban J connectivity index is 1.61. The highest BCUT2D eigenvalue weighted by Gasteiger charge is 2.25. The van der Waals surface area contributed by atoms with Crippen LogP contribution in [0.25, 0.3) is 5.69 Å². The molecule has 7 nitrogen and oxygen atoms in total. The van der Waals surface area contributed by atoms with Gasteiger partial charge in [-0.1, -0.05) is 24.3 Å². The van der Waals surface area contributed by atoms with Crippen LogP contribution in [0, 0.1) is 10.1 Å². The smallest absolute Gasteiger partial charge is 0.294 e. The lowest BCUT2D eigenvalue weighted by Gasteiger charge is -2.14. The fourth-order valence-corrected chi connectivity index (χ4v) is 3.38. The maximum absolute atomic E-state index is 12.6. The lowest BCUT2D eigenvalue weighted by atomic mass is 10.1. The van der Waals surface area contributed by atoms with Crippen LogP contribution in [-0.4, -0.2) is 20.4 Å². The van der Waals surface area contributed by atoms with E-state index in [2.05, 4.69) is 16.4 Å². The molecule has 0 bridgehead atoms. The molecule has 1 aliphatic carbocycles. The second-order valence-electron chi connectivity index (χ2n) is 6.19. The number of nitrogens with zero attached hydrogens (tertiary/aromatic N) is 3. The van der Waals surface area contributed by atoms with Crippen molar-refractivity contribution in [3.05, 3.63) is 88.0 Å². The predicted octanol–water partition coefficient (Wildman–Crippen LogP) is 3.20. The van der Waals surface area contributed by atoms with Crippen LogP contribution >= 0.6 is 0 Å². The summed E-state index contributed by atoms with van der Waals surface area (Å²) in [5.41, 5.74) is 2.85. The Kier molecular flexibility index (Phi) is 3.96. The summed E-state index contributed by atoms with van der Waals surface area (Å²) in [6.07, 6.45) is 6.40. The largest absolute Gasteiger partial charge is 0.345 e.